The van der Waals surface area contributed by atoms with E-state index in [1.807, 2.05) is 0 Å². The van der Waals surface area contributed by atoms with Gasteiger partial charge in [0.2, 0.25) is 5.91 Å². The van der Waals surface area contributed by atoms with Crippen LogP contribution in [-0.4, -0.2) is 30.3 Å². The Morgan fingerprint density at radius 1 is 0.955 bits per heavy atom. The lowest BCUT2D eigenvalue weighted by molar-refractivity contribution is -0.147. The molecule has 0 saturated carbocycles. The molecule has 0 unspecified atom stereocenters. The van der Waals surface area contributed by atoms with Crippen LogP contribution in [0.25, 0.3) is 0 Å². The number of carbonyl (C=O) groups is 3. The van der Waals surface area contributed by atoms with Gasteiger partial charge >= 0.3 is 5.97 Å². The van der Waals surface area contributed by atoms with Gasteiger partial charge in [-0.1, -0.05) is 45.4 Å². The fraction of sp³-hybridized carbons (Fsp3) is 0.824. The normalized spacial score (nSPS) is 11.8. The van der Waals surface area contributed by atoms with Crippen molar-refractivity contribution < 1.29 is 19.1 Å². The number of hydrogen-bond acceptors (Lipinski definition) is 4. The van der Waals surface area contributed by atoms with Gasteiger partial charge < -0.3 is 10.1 Å². The SMILES string of the molecule is CCCCCCCCCC(=O)CC(=O)N[C@@H](C)C(=O)OCC. The predicted octanol–water partition coefficient (Wildman–Crippen LogP) is 3.15. The van der Waals surface area contributed by atoms with E-state index in [0.29, 0.717) is 6.42 Å². The van der Waals surface area contributed by atoms with E-state index >= 15 is 0 Å². The lowest BCUT2D eigenvalue weighted by atomic mass is 10.1. The molecule has 22 heavy (non-hydrogen) atoms. The molecule has 0 spiro atoms. The van der Waals surface area contributed by atoms with Crippen molar-refractivity contribution >= 4 is 17.7 Å². The zero-order chi connectivity index (χ0) is 16.8. The summed E-state index contributed by atoms with van der Waals surface area (Å²) in [6.07, 6.45) is 8.31. The predicted molar refractivity (Wildman–Crippen MR) is 86.5 cm³/mol. The Balaban J connectivity index is 3.69. The van der Waals surface area contributed by atoms with Gasteiger partial charge in [-0.05, 0) is 20.3 Å². The van der Waals surface area contributed by atoms with Crippen LogP contribution >= 0.6 is 0 Å². The number of carbonyl (C=O) groups excluding carboxylic acids is 3. The van der Waals surface area contributed by atoms with E-state index in [2.05, 4.69) is 12.2 Å². The number of rotatable bonds is 13. The van der Waals surface area contributed by atoms with Crippen molar-refractivity contribution in [1.29, 1.82) is 0 Å². The lowest BCUT2D eigenvalue weighted by Crippen LogP contribution is -2.40. The molecule has 0 fully saturated rings. The number of ether oxygens (including phenoxy) is 1. The van der Waals surface area contributed by atoms with Gasteiger partial charge in [-0.15, -0.1) is 0 Å². The molecule has 0 aliphatic carbocycles. The number of hydrogen-bond donors (Lipinski definition) is 1. The Kier molecular flexibility index (Phi) is 12.4. The number of amides is 1. The molecule has 0 aliphatic heterocycles. The van der Waals surface area contributed by atoms with E-state index in [9.17, 15) is 14.4 Å². The maximum Gasteiger partial charge on any atom is 0.328 e. The second-order valence-electron chi connectivity index (χ2n) is 5.63. The molecule has 0 bridgehead atoms. The van der Waals surface area contributed by atoms with Crippen molar-refractivity contribution in [2.45, 2.75) is 84.6 Å². The summed E-state index contributed by atoms with van der Waals surface area (Å²) in [6.45, 7) is 5.72. The summed E-state index contributed by atoms with van der Waals surface area (Å²) in [5, 5.41) is 2.49. The van der Waals surface area contributed by atoms with Crippen LogP contribution in [0.2, 0.25) is 0 Å². The topological polar surface area (TPSA) is 72.5 Å². The first-order chi connectivity index (χ1) is 10.5. The van der Waals surface area contributed by atoms with E-state index in [0.717, 1.165) is 19.3 Å². The summed E-state index contributed by atoms with van der Waals surface area (Å²) in [7, 11) is 0. The molecule has 0 aromatic rings. The zero-order valence-corrected chi connectivity index (χ0v) is 14.3. The largest absolute Gasteiger partial charge is 0.464 e. The van der Waals surface area contributed by atoms with Crippen molar-refractivity contribution in [1.82, 2.24) is 5.32 Å². The molecule has 1 N–H and O–H groups in total. The highest BCUT2D eigenvalue weighted by molar-refractivity contribution is 5.99. The summed E-state index contributed by atoms with van der Waals surface area (Å²) >= 11 is 0. The van der Waals surface area contributed by atoms with Gasteiger partial charge in [0.05, 0.1) is 13.0 Å². The van der Waals surface area contributed by atoms with Crippen LogP contribution in [0.1, 0.15) is 78.6 Å². The molecule has 128 valence electrons. The maximum atomic E-state index is 11.7. The smallest absolute Gasteiger partial charge is 0.328 e. The average molecular weight is 313 g/mol. The number of ketones is 1. The van der Waals surface area contributed by atoms with E-state index in [1.54, 1.807) is 13.8 Å². The first kappa shape index (κ1) is 20.6. The second-order valence-corrected chi connectivity index (χ2v) is 5.63. The monoisotopic (exact) mass is 313 g/mol. The molecule has 0 radical (unpaired) electrons. The molecule has 0 heterocycles. The zero-order valence-electron chi connectivity index (χ0n) is 14.3. The van der Waals surface area contributed by atoms with E-state index in [1.165, 1.54) is 25.7 Å². The van der Waals surface area contributed by atoms with Gasteiger partial charge in [-0.2, -0.15) is 0 Å². The van der Waals surface area contributed by atoms with Crippen molar-refractivity contribution in [3.8, 4) is 0 Å². The van der Waals surface area contributed by atoms with Gasteiger partial charge in [-0.3, -0.25) is 9.59 Å². The van der Waals surface area contributed by atoms with E-state index in [-0.39, 0.29) is 18.8 Å². The Bertz CT molecular complexity index is 342. The molecule has 0 aromatic carbocycles. The van der Waals surface area contributed by atoms with Gasteiger partial charge in [0, 0.05) is 6.42 Å². The highest BCUT2D eigenvalue weighted by Crippen LogP contribution is 2.09. The molecular weight excluding hydrogens is 282 g/mol. The molecule has 0 aliphatic rings. The number of nitrogens with one attached hydrogen (secondary N) is 1. The molecule has 5 heteroatoms. The third-order valence-electron chi connectivity index (χ3n) is 3.43. The first-order valence-corrected chi connectivity index (χ1v) is 8.48. The van der Waals surface area contributed by atoms with Gasteiger partial charge in [0.1, 0.15) is 11.8 Å². The molecule has 0 saturated heterocycles. The van der Waals surface area contributed by atoms with Crippen LogP contribution in [0, 0.1) is 0 Å². The summed E-state index contributed by atoms with van der Waals surface area (Å²) in [5.41, 5.74) is 0. The van der Waals surface area contributed by atoms with Crippen molar-refractivity contribution in [3.05, 3.63) is 0 Å². The molecule has 1 amide bonds. The van der Waals surface area contributed by atoms with Crippen LogP contribution in [0.3, 0.4) is 0 Å². The van der Waals surface area contributed by atoms with Gasteiger partial charge in [0.15, 0.2) is 0 Å². The molecule has 0 aromatic heterocycles. The highest BCUT2D eigenvalue weighted by atomic mass is 16.5. The van der Waals surface area contributed by atoms with E-state index < -0.39 is 17.9 Å². The third kappa shape index (κ3) is 11.3. The molecular formula is C17H31NO4. The fourth-order valence-electron chi connectivity index (χ4n) is 2.17. The Morgan fingerprint density at radius 2 is 1.55 bits per heavy atom. The summed E-state index contributed by atoms with van der Waals surface area (Å²) < 4.78 is 4.79. The van der Waals surface area contributed by atoms with Crippen molar-refractivity contribution in [3.63, 3.8) is 0 Å². The van der Waals surface area contributed by atoms with Crippen LogP contribution < -0.4 is 5.32 Å². The van der Waals surface area contributed by atoms with Crippen LogP contribution in [0.15, 0.2) is 0 Å². The van der Waals surface area contributed by atoms with E-state index in [4.69, 9.17) is 4.74 Å². The summed E-state index contributed by atoms with van der Waals surface area (Å²) in [6, 6.07) is -0.709. The average Bonchev–Trinajstić information content (AvgIpc) is 2.46. The lowest BCUT2D eigenvalue weighted by Gasteiger charge is -2.12. The minimum absolute atomic E-state index is 0.0675. The van der Waals surface area contributed by atoms with Crippen LogP contribution in [0.4, 0.5) is 0 Å². The molecule has 0 rings (SSSR count). The van der Waals surface area contributed by atoms with Crippen molar-refractivity contribution in [2.24, 2.45) is 0 Å². The molecule has 1 atom stereocenters. The quantitative estimate of drug-likeness (QED) is 0.322. The summed E-state index contributed by atoms with van der Waals surface area (Å²) in [5.74, 6) is -0.953. The Hall–Kier alpha value is -1.39. The van der Waals surface area contributed by atoms with Crippen LogP contribution in [-0.2, 0) is 19.1 Å². The summed E-state index contributed by atoms with van der Waals surface area (Å²) in [4.78, 5) is 34.7. The Labute approximate surface area is 134 Å². The third-order valence-corrected chi connectivity index (χ3v) is 3.43. The second kappa shape index (κ2) is 13.3. The fourth-order valence-corrected chi connectivity index (χ4v) is 2.17. The van der Waals surface area contributed by atoms with Crippen molar-refractivity contribution in [2.75, 3.05) is 6.61 Å². The van der Waals surface area contributed by atoms with Gasteiger partial charge in [0.25, 0.3) is 0 Å². The highest BCUT2D eigenvalue weighted by Gasteiger charge is 2.18. The molecule has 5 nitrogen and oxygen atoms in total. The van der Waals surface area contributed by atoms with Crippen LogP contribution in [0.5, 0.6) is 0 Å². The minimum atomic E-state index is -0.709. The Morgan fingerprint density at radius 3 is 2.14 bits per heavy atom. The number of unbranched alkanes of at least 4 members (excludes halogenated alkanes) is 6. The first-order valence-electron chi connectivity index (χ1n) is 8.48. The number of esters is 1. The minimum Gasteiger partial charge on any atom is -0.464 e. The number of Topliss-reactive ketones (excluding diaryl/α,β-unsaturated/α-hetero) is 1. The van der Waals surface area contributed by atoms with Gasteiger partial charge in [-0.25, -0.2) is 4.79 Å². The standard InChI is InChI=1S/C17H31NO4/c1-4-6-7-8-9-10-11-12-15(19)13-16(20)18-14(3)17(21)22-5-2/h14H,4-13H2,1-3H3,(H,18,20)/t14-/m0/s1. The maximum absolute atomic E-state index is 11.7.